The van der Waals surface area contributed by atoms with Crippen molar-refractivity contribution in [1.82, 2.24) is 9.55 Å². The molecule has 0 saturated heterocycles. The number of aromatic nitrogens is 2. The molecule has 3 aromatic carbocycles. The molecule has 0 aliphatic rings. The Morgan fingerprint density at radius 2 is 1.52 bits per heavy atom. The summed E-state index contributed by atoms with van der Waals surface area (Å²) in [5.74, 6) is 1.94. The van der Waals surface area contributed by atoms with E-state index >= 15 is 0 Å². The topological polar surface area (TPSA) is 27.1 Å². The van der Waals surface area contributed by atoms with Crippen LogP contribution in [0.25, 0.3) is 22.4 Å². The molecule has 0 aliphatic heterocycles. The number of fused-ring (bicyclic) bond motifs is 1. The van der Waals surface area contributed by atoms with Crippen molar-refractivity contribution < 1.29 is 4.74 Å². The van der Waals surface area contributed by atoms with Gasteiger partial charge in [0.2, 0.25) is 0 Å². The molecular formula is C26H28N2O. The molecular weight excluding hydrogens is 356 g/mol. The Kier molecular flexibility index (Phi) is 5.39. The smallest absolute Gasteiger partial charge is 0.141 e. The molecule has 0 saturated carbocycles. The summed E-state index contributed by atoms with van der Waals surface area (Å²) in [6.07, 6.45) is 0.919. The number of nitrogens with zero attached hydrogens (tertiary/aromatic N) is 2. The summed E-state index contributed by atoms with van der Waals surface area (Å²) in [4.78, 5) is 4.93. The Morgan fingerprint density at radius 3 is 2.24 bits per heavy atom. The molecule has 0 aliphatic carbocycles. The van der Waals surface area contributed by atoms with E-state index in [1.54, 1.807) is 0 Å². The van der Waals surface area contributed by atoms with Gasteiger partial charge in [0, 0.05) is 12.1 Å². The lowest BCUT2D eigenvalue weighted by Crippen LogP contribution is -2.10. The molecule has 0 bridgehead atoms. The van der Waals surface area contributed by atoms with E-state index in [-0.39, 0.29) is 5.41 Å². The van der Waals surface area contributed by atoms with Gasteiger partial charge in [0.25, 0.3) is 0 Å². The third-order valence-corrected chi connectivity index (χ3v) is 5.20. The van der Waals surface area contributed by atoms with Crippen molar-refractivity contribution in [1.29, 1.82) is 0 Å². The molecule has 0 radical (unpaired) electrons. The zero-order valence-corrected chi connectivity index (χ0v) is 17.4. The van der Waals surface area contributed by atoms with Crippen LogP contribution in [0.3, 0.4) is 0 Å². The van der Waals surface area contributed by atoms with Crippen LogP contribution < -0.4 is 4.74 Å². The van der Waals surface area contributed by atoms with Gasteiger partial charge in [0.1, 0.15) is 11.6 Å². The number of benzene rings is 3. The Labute approximate surface area is 173 Å². The summed E-state index contributed by atoms with van der Waals surface area (Å²) in [6, 6.07) is 27.2. The van der Waals surface area contributed by atoms with Gasteiger partial charge in [-0.1, -0.05) is 75.4 Å². The average molecular weight is 385 g/mol. The van der Waals surface area contributed by atoms with E-state index in [1.807, 2.05) is 36.4 Å². The van der Waals surface area contributed by atoms with E-state index in [0.717, 1.165) is 35.6 Å². The lowest BCUT2D eigenvalue weighted by molar-refractivity contribution is 0.303. The summed E-state index contributed by atoms with van der Waals surface area (Å²) >= 11 is 0. The zero-order chi connectivity index (χ0) is 20.3. The summed E-state index contributed by atoms with van der Waals surface area (Å²) < 4.78 is 8.20. The van der Waals surface area contributed by atoms with E-state index in [1.165, 1.54) is 11.1 Å². The van der Waals surface area contributed by atoms with E-state index < -0.39 is 0 Å². The summed E-state index contributed by atoms with van der Waals surface area (Å²) in [5, 5.41) is 0. The van der Waals surface area contributed by atoms with E-state index in [2.05, 4.69) is 67.8 Å². The molecule has 0 amide bonds. The highest BCUT2D eigenvalue weighted by Gasteiger charge is 2.16. The van der Waals surface area contributed by atoms with E-state index in [4.69, 9.17) is 9.72 Å². The summed E-state index contributed by atoms with van der Waals surface area (Å²) in [5.41, 5.74) is 4.83. The molecule has 4 aromatic rings. The Balaban J connectivity index is 1.57. The lowest BCUT2D eigenvalue weighted by atomic mass is 9.87. The number of para-hydroxylation sites is 3. The summed E-state index contributed by atoms with van der Waals surface area (Å²) in [7, 11) is 0. The number of imidazole rings is 1. The maximum Gasteiger partial charge on any atom is 0.141 e. The second-order valence-electron chi connectivity index (χ2n) is 8.42. The highest BCUT2D eigenvalue weighted by Crippen LogP contribution is 2.28. The van der Waals surface area contributed by atoms with Crippen LogP contribution in [0.1, 0.15) is 32.8 Å². The fourth-order valence-corrected chi connectivity index (χ4v) is 3.57. The van der Waals surface area contributed by atoms with Crippen LogP contribution in [0.5, 0.6) is 5.75 Å². The minimum atomic E-state index is 0.146. The highest BCUT2D eigenvalue weighted by molar-refractivity contribution is 5.80. The first-order valence-electron chi connectivity index (χ1n) is 10.3. The third kappa shape index (κ3) is 4.34. The predicted octanol–water partition coefficient (Wildman–Crippen LogP) is 6.47. The Bertz CT molecular complexity index is 1070. The maximum absolute atomic E-state index is 5.88. The molecule has 0 spiro atoms. The largest absolute Gasteiger partial charge is 0.494 e. The Hall–Kier alpha value is -3.07. The second-order valence-corrected chi connectivity index (χ2v) is 8.42. The normalized spacial score (nSPS) is 11.7. The standard InChI is InChI=1S/C26H28N2O/c1-26(2,3)21-16-14-20(15-17-21)25-27-23-12-7-8-13-24(23)28(25)18-9-19-29-22-10-5-4-6-11-22/h4-8,10-17H,9,18-19H2,1-3H3. The van der Waals surface area contributed by atoms with Crippen LogP contribution in [0.4, 0.5) is 0 Å². The van der Waals surface area contributed by atoms with Crippen molar-refractivity contribution >= 4 is 11.0 Å². The Morgan fingerprint density at radius 1 is 0.828 bits per heavy atom. The number of aryl methyl sites for hydroxylation is 1. The minimum Gasteiger partial charge on any atom is -0.494 e. The molecule has 1 aromatic heterocycles. The predicted molar refractivity (Wildman–Crippen MR) is 120 cm³/mol. The fourth-order valence-electron chi connectivity index (χ4n) is 3.57. The molecule has 148 valence electrons. The van der Waals surface area contributed by atoms with Crippen molar-refractivity contribution in [3.05, 3.63) is 84.4 Å². The molecule has 0 fully saturated rings. The molecule has 3 heteroatoms. The number of ether oxygens (including phenoxy) is 1. The van der Waals surface area contributed by atoms with Crippen molar-refractivity contribution in [2.75, 3.05) is 6.61 Å². The van der Waals surface area contributed by atoms with E-state index in [0.29, 0.717) is 6.61 Å². The van der Waals surface area contributed by atoms with Crippen LogP contribution in [0, 0.1) is 0 Å². The van der Waals surface area contributed by atoms with E-state index in [9.17, 15) is 0 Å². The molecule has 0 N–H and O–H groups in total. The van der Waals surface area contributed by atoms with Crippen LogP contribution >= 0.6 is 0 Å². The zero-order valence-electron chi connectivity index (χ0n) is 17.4. The monoisotopic (exact) mass is 384 g/mol. The molecule has 4 rings (SSSR count). The first-order chi connectivity index (χ1) is 14.0. The lowest BCUT2D eigenvalue weighted by Gasteiger charge is -2.19. The highest BCUT2D eigenvalue weighted by atomic mass is 16.5. The maximum atomic E-state index is 5.88. The SMILES string of the molecule is CC(C)(C)c1ccc(-c2nc3ccccc3n2CCCOc2ccccc2)cc1. The number of rotatable bonds is 6. The number of hydrogen-bond acceptors (Lipinski definition) is 2. The van der Waals surface area contributed by atoms with Gasteiger partial charge in [-0.2, -0.15) is 0 Å². The van der Waals surface area contributed by atoms with Gasteiger partial charge < -0.3 is 9.30 Å². The first kappa shape index (κ1) is 19.3. The molecule has 0 unspecified atom stereocenters. The van der Waals surface area contributed by atoms with Gasteiger partial charge in [-0.3, -0.25) is 0 Å². The molecule has 29 heavy (non-hydrogen) atoms. The van der Waals surface area contributed by atoms with Crippen LogP contribution in [-0.2, 0) is 12.0 Å². The quantitative estimate of drug-likeness (QED) is 0.356. The van der Waals surface area contributed by atoms with Crippen molar-refractivity contribution in [2.24, 2.45) is 0 Å². The average Bonchev–Trinajstić information content (AvgIpc) is 3.10. The van der Waals surface area contributed by atoms with Crippen molar-refractivity contribution in [3.8, 4) is 17.1 Å². The first-order valence-corrected chi connectivity index (χ1v) is 10.3. The van der Waals surface area contributed by atoms with Crippen LogP contribution in [0.2, 0.25) is 0 Å². The van der Waals surface area contributed by atoms with Crippen LogP contribution in [-0.4, -0.2) is 16.2 Å². The van der Waals surface area contributed by atoms with Gasteiger partial charge in [-0.25, -0.2) is 4.98 Å². The second kappa shape index (κ2) is 8.12. The molecule has 1 heterocycles. The van der Waals surface area contributed by atoms with Gasteiger partial charge in [0.05, 0.1) is 17.6 Å². The van der Waals surface area contributed by atoms with Gasteiger partial charge >= 0.3 is 0 Å². The third-order valence-electron chi connectivity index (χ3n) is 5.20. The molecule has 0 atom stereocenters. The number of hydrogen-bond donors (Lipinski definition) is 0. The van der Waals surface area contributed by atoms with Crippen molar-refractivity contribution in [3.63, 3.8) is 0 Å². The minimum absolute atomic E-state index is 0.146. The van der Waals surface area contributed by atoms with Crippen molar-refractivity contribution in [2.45, 2.75) is 39.2 Å². The van der Waals surface area contributed by atoms with Crippen LogP contribution in [0.15, 0.2) is 78.9 Å². The van der Waals surface area contributed by atoms with Gasteiger partial charge in [-0.15, -0.1) is 0 Å². The van der Waals surface area contributed by atoms with Gasteiger partial charge in [-0.05, 0) is 41.7 Å². The van der Waals surface area contributed by atoms with Gasteiger partial charge in [0.15, 0.2) is 0 Å². The summed E-state index contributed by atoms with van der Waals surface area (Å²) in [6.45, 7) is 8.26. The fraction of sp³-hybridized carbons (Fsp3) is 0.269. The molecule has 3 nitrogen and oxygen atoms in total.